The van der Waals surface area contributed by atoms with Crippen LogP contribution in [0.1, 0.15) is 44.6 Å². The highest BCUT2D eigenvalue weighted by Crippen LogP contribution is 2.14. The van der Waals surface area contributed by atoms with E-state index in [9.17, 15) is 19.5 Å². The van der Waals surface area contributed by atoms with Gasteiger partial charge >= 0.3 is 18.0 Å². The lowest BCUT2D eigenvalue weighted by atomic mass is 9.94. The normalized spacial score (nSPS) is 12.7. The van der Waals surface area contributed by atoms with Crippen LogP contribution >= 0.6 is 0 Å². The van der Waals surface area contributed by atoms with Crippen molar-refractivity contribution in [2.24, 2.45) is 5.73 Å². The largest absolute Gasteiger partial charge is 0.479 e. The van der Waals surface area contributed by atoms with E-state index in [0.29, 0.717) is 19.3 Å². The zero-order valence-electron chi connectivity index (χ0n) is 15.6. The Morgan fingerprint density at radius 1 is 1.11 bits per heavy atom. The number of hydrogen-bond donors (Lipinski definition) is 3. The molecule has 0 bridgehead atoms. The van der Waals surface area contributed by atoms with Gasteiger partial charge in [-0.2, -0.15) is 0 Å². The van der Waals surface area contributed by atoms with Crippen LogP contribution in [0.3, 0.4) is 0 Å². The first kappa shape index (κ1) is 22.4. The van der Waals surface area contributed by atoms with Gasteiger partial charge in [0.05, 0.1) is 6.61 Å². The summed E-state index contributed by atoms with van der Waals surface area (Å²) in [5.41, 5.74) is 4.55. The number of esters is 1. The standard InChI is InChI=1S/C19H28N2O6/c1-2-3-13-26-17(24)19(20,16(22)23)11-7-8-12-21-18(25)27-14-15-9-5-4-6-10-15/h4-6,9-10H,2-3,7-8,11-14,20H2,1H3,(H,21,25)(H,22,23)/t19-/m0/s1. The zero-order valence-corrected chi connectivity index (χ0v) is 15.6. The zero-order chi connectivity index (χ0) is 20.1. The third kappa shape index (κ3) is 8.08. The number of benzene rings is 1. The van der Waals surface area contributed by atoms with E-state index in [2.05, 4.69) is 5.32 Å². The third-order valence-corrected chi connectivity index (χ3v) is 3.96. The van der Waals surface area contributed by atoms with Crippen LogP contribution in [0.25, 0.3) is 0 Å². The van der Waals surface area contributed by atoms with E-state index in [4.69, 9.17) is 15.2 Å². The smallest absolute Gasteiger partial charge is 0.407 e. The maximum Gasteiger partial charge on any atom is 0.407 e. The van der Waals surface area contributed by atoms with Crippen molar-refractivity contribution < 1.29 is 29.0 Å². The quantitative estimate of drug-likeness (QED) is 0.288. The lowest BCUT2D eigenvalue weighted by molar-refractivity contribution is -0.161. The van der Waals surface area contributed by atoms with Gasteiger partial charge in [0.15, 0.2) is 0 Å². The van der Waals surface area contributed by atoms with Gasteiger partial charge in [0.1, 0.15) is 6.61 Å². The maximum atomic E-state index is 12.0. The molecule has 0 fully saturated rings. The van der Waals surface area contributed by atoms with Gasteiger partial charge in [0.25, 0.3) is 0 Å². The second-order valence-electron chi connectivity index (χ2n) is 6.21. The SMILES string of the molecule is CCCCOC(=O)[C@](N)(CCCCNC(=O)OCc1ccccc1)C(=O)O. The lowest BCUT2D eigenvalue weighted by Crippen LogP contribution is -2.55. The molecule has 0 saturated heterocycles. The number of nitrogens with one attached hydrogen (secondary N) is 1. The molecular formula is C19H28N2O6. The number of unbranched alkanes of at least 4 members (excludes halogenated alkanes) is 2. The van der Waals surface area contributed by atoms with E-state index in [1.807, 2.05) is 37.3 Å². The molecule has 1 aromatic carbocycles. The van der Waals surface area contributed by atoms with Crippen molar-refractivity contribution in [1.82, 2.24) is 5.32 Å². The Hall–Kier alpha value is -2.61. The maximum absolute atomic E-state index is 12.0. The number of ether oxygens (including phenoxy) is 2. The van der Waals surface area contributed by atoms with Gasteiger partial charge in [-0.1, -0.05) is 43.7 Å². The van der Waals surface area contributed by atoms with Crippen LogP contribution in [0, 0.1) is 0 Å². The number of carboxylic acids is 1. The van der Waals surface area contributed by atoms with Crippen LogP contribution in [-0.4, -0.2) is 41.8 Å². The predicted molar refractivity (Wildman–Crippen MR) is 98.9 cm³/mol. The van der Waals surface area contributed by atoms with E-state index in [-0.39, 0.29) is 26.2 Å². The summed E-state index contributed by atoms with van der Waals surface area (Å²) in [5.74, 6) is -2.35. The first-order valence-corrected chi connectivity index (χ1v) is 9.04. The lowest BCUT2D eigenvalue weighted by Gasteiger charge is -2.22. The molecule has 0 unspecified atom stereocenters. The van der Waals surface area contributed by atoms with Crippen molar-refractivity contribution in [3.05, 3.63) is 35.9 Å². The Balaban J connectivity index is 2.27. The average molecular weight is 380 g/mol. The fourth-order valence-corrected chi connectivity index (χ4v) is 2.23. The minimum absolute atomic E-state index is 0.0754. The number of alkyl carbamates (subject to hydrolysis) is 1. The summed E-state index contributed by atoms with van der Waals surface area (Å²) in [7, 11) is 0. The topological polar surface area (TPSA) is 128 Å². The summed E-state index contributed by atoms with van der Waals surface area (Å²) < 4.78 is 10.0. The van der Waals surface area contributed by atoms with E-state index in [1.165, 1.54) is 0 Å². The van der Waals surface area contributed by atoms with Crippen LogP contribution in [0.2, 0.25) is 0 Å². The molecule has 1 rings (SSSR count). The number of carbonyl (C=O) groups excluding carboxylic acids is 2. The minimum Gasteiger partial charge on any atom is -0.479 e. The van der Waals surface area contributed by atoms with Crippen molar-refractivity contribution in [2.45, 2.75) is 51.2 Å². The van der Waals surface area contributed by atoms with Gasteiger partial charge in [0, 0.05) is 6.54 Å². The van der Waals surface area contributed by atoms with Crippen LogP contribution in [0.5, 0.6) is 0 Å². The van der Waals surface area contributed by atoms with E-state index in [1.54, 1.807) is 0 Å². The van der Waals surface area contributed by atoms with Crippen LogP contribution in [-0.2, 0) is 25.7 Å². The molecule has 8 nitrogen and oxygen atoms in total. The molecule has 0 saturated carbocycles. The number of nitrogens with two attached hydrogens (primary N) is 1. The van der Waals surface area contributed by atoms with Crippen molar-refractivity contribution >= 4 is 18.0 Å². The molecule has 1 amide bonds. The summed E-state index contributed by atoms with van der Waals surface area (Å²) >= 11 is 0. The number of amides is 1. The van der Waals surface area contributed by atoms with E-state index in [0.717, 1.165) is 12.0 Å². The number of aliphatic carboxylic acids is 1. The molecule has 0 heterocycles. The van der Waals surface area contributed by atoms with Crippen LogP contribution in [0.15, 0.2) is 30.3 Å². The molecule has 0 aliphatic carbocycles. The summed E-state index contributed by atoms with van der Waals surface area (Å²) in [6.45, 7) is 2.53. The Kier molecular flexibility index (Phi) is 9.89. The highest BCUT2D eigenvalue weighted by Gasteiger charge is 2.43. The fourth-order valence-electron chi connectivity index (χ4n) is 2.23. The van der Waals surface area contributed by atoms with Crippen LogP contribution < -0.4 is 11.1 Å². The highest BCUT2D eigenvalue weighted by molar-refractivity contribution is 6.03. The Morgan fingerprint density at radius 3 is 2.44 bits per heavy atom. The highest BCUT2D eigenvalue weighted by atomic mass is 16.5. The minimum atomic E-state index is -2.07. The molecule has 27 heavy (non-hydrogen) atoms. The molecule has 0 aliphatic heterocycles. The van der Waals surface area contributed by atoms with Gasteiger partial charge < -0.3 is 25.6 Å². The third-order valence-electron chi connectivity index (χ3n) is 3.96. The van der Waals surface area contributed by atoms with Crippen molar-refractivity contribution in [3.63, 3.8) is 0 Å². The van der Waals surface area contributed by atoms with Crippen molar-refractivity contribution in [3.8, 4) is 0 Å². The summed E-state index contributed by atoms with van der Waals surface area (Å²) in [5, 5.41) is 11.8. The Labute approximate surface area is 159 Å². The summed E-state index contributed by atoms with van der Waals surface area (Å²) in [6, 6.07) is 9.27. The van der Waals surface area contributed by atoms with Gasteiger partial charge in [-0.3, -0.25) is 0 Å². The second kappa shape index (κ2) is 11.9. The number of rotatable bonds is 12. The first-order chi connectivity index (χ1) is 12.9. The fraction of sp³-hybridized carbons (Fsp3) is 0.526. The summed E-state index contributed by atoms with van der Waals surface area (Å²) in [4.78, 5) is 34.9. The molecule has 0 spiro atoms. The van der Waals surface area contributed by atoms with Gasteiger partial charge in [-0.25, -0.2) is 14.4 Å². The number of carbonyl (C=O) groups is 3. The van der Waals surface area contributed by atoms with Gasteiger partial charge in [-0.15, -0.1) is 0 Å². The van der Waals surface area contributed by atoms with Crippen molar-refractivity contribution in [1.29, 1.82) is 0 Å². The average Bonchev–Trinajstić information content (AvgIpc) is 2.66. The number of carboxylic acid groups (broad SMARTS) is 1. The predicted octanol–water partition coefficient (Wildman–Crippen LogP) is 2.21. The molecule has 1 atom stereocenters. The van der Waals surface area contributed by atoms with E-state index < -0.39 is 23.6 Å². The molecule has 0 aromatic heterocycles. The second-order valence-corrected chi connectivity index (χ2v) is 6.21. The molecule has 8 heteroatoms. The summed E-state index contributed by atoms with van der Waals surface area (Å²) in [6.07, 6.45) is 1.63. The molecular weight excluding hydrogens is 352 g/mol. The monoisotopic (exact) mass is 380 g/mol. The molecule has 150 valence electrons. The van der Waals surface area contributed by atoms with E-state index >= 15 is 0 Å². The van der Waals surface area contributed by atoms with Crippen LogP contribution in [0.4, 0.5) is 4.79 Å². The Morgan fingerprint density at radius 2 is 1.81 bits per heavy atom. The van der Waals surface area contributed by atoms with Crippen molar-refractivity contribution in [2.75, 3.05) is 13.2 Å². The van der Waals surface area contributed by atoms with Gasteiger partial charge in [-0.05, 0) is 31.2 Å². The Bertz CT molecular complexity index is 607. The first-order valence-electron chi connectivity index (χ1n) is 9.04. The number of hydrogen-bond acceptors (Lipinski definition) is 6. The molecule has 1 aromatic rings. The molecule has 0 aliphatic rings. The van der Waals surface area contributed by atoms with Gasteiger partial charge in [0.2, 0.25) is 5.54 Å². The molecule has 0 radical (unpaired) electrons. The molecule has 4 N–H and O–H groups in total.